The molecular formula is C23H26Cl3N3O7S. The minimum atomic E-state index is -1.84. The van der Waals surface area contributed by atoms with E-state index in [1.165, 1.54) is 23.8 Å². The van der Waals surface area contributed by atoms with Crippen LogP contribution in [-0.2, 0) is 28.6 Å². The number of ether oxygens (including phenoxy) is 3. The van der Waals surface area contributed by atoms with Crippen molar-refractivity contribution in [1.82, 2.24) is 15.5 Å². The average molecular weight is 595 g/mol. The van der Waals surface area contributed by atoms with Gasteiger partial charge in [0.1, 0.15) is 35.4 Å². The van der Waals surface area contributed by atoms with Gasteiger partial charge in [0.05, 0.1) is 12.9 Å². The lowest BCUT2D eigenvalue weighted by molar-refractivity contribution is -0.153. The normalized spacial score (nSPS) is 20.3. The first-order chi connectivity index (χ1) is 17.2. The molecule has 37 heavy (non-hydrogen) atoms. The number of nitrogens with zero attached hydrogens (tertiary/aromatic N) is 1. The molecule has 1 unspecified atom stereocenters. The quantitative estimate of drug-likeness (QED) is 0.280. The Balaban J connectivity index is 1.76. The predicted octanol–water partition coefficient (Wildman–Crippen LogP) is 3.42. The molecule has 1 fully saturated rings. The second-order valence-electron chi connectivity index (χ2n) is 9.05. The van der Waals surface area contributed by atoms with Gasteiger partial charge in [-0.15, -0.1) is 11.8 Å². The highest BCUT2D eigenvalue weighted by Gasteiger charge is 2.55. The van der Waals surface area contributed by atoms with E-state index in [2.05, 4.69) is 10.6 Å². The van der Waals surface area contributed by atoms with Gasteiger partial charge in [-0.3, -0.25) is 14.5 Å². The summed E-state index contributed by atoms with van der Waals surface area (Å²) < 4.78 is 13.8. The molecule has 3 rings (SSSR count). The number of fused-ring (bicyclic) bond motifs is 1. The fourth-order valence-corrected chi connectivity index (χ4v) is 5.04. The molecule has 3 amide bonds. The van der Waals surface area contributed by atoms with E-state index < -0.39 is 57.3 Å². The van der Waals surface area contributed by atoms with Crippen LogP contribution in [0.15, 0.2) is 41.8 Å². The van der Waals surface area contributed by atoms with Gasteiger partial charge in [-0.05, 0) is 26.3 Å². The molecule has 2 N–H and O–H groups in total. The van der Waals surface area contributed by atoms with E-state index in [4.69, 9.17) is 49.0 Å². The molecule has 0 aliphatic carbocycles. The summed E-state index contributed by atoms with van der Waals surface area (Å²) in [5.74, 6) is -1.65. The highest BCUT2D eigenvalue weighted by Crippen LogP contribution is 2.41. The molecule has 0 aromatic heterocycles. The molecule has 0 saturated carbocycles. The van der Waals surface area contributed by atoms with Crippen LogP contribution >= 0.6 is 46.6 Å². The van der Waals surface area contributed by atoms with E-state index in [1.54, 1.807) is 51.1 Å². The SMILES string of the molecule is COC1=C(C(=O)OCC(Cl)(Cl)Cl)N2C(=O)[C@@H](NC(=O)C(NC(=O)OC(C)(C)C)c3ccccc3)[C@H]2SC1. The number of β-lactam (4-membered cyclic amide) rings is 1. The Morgan fingerprint density at radius 2 is 1.81 bits per heavy atom. The Hall–Kier alpha value is -2.34. The molecule has 0 spiro atoms. The number of hydrogen-bond acceptors (Lipinski definition) is 8. The highest BCUT2D eigenvalue weighted by molar-refractivity contribution is 8.00. The van der Waals surface area contributed by atoms with E-state index in [9.17, 15) is 19.2 Å². The van der Waals surface area contributed by atoms with E-state index in [0.29, 0.717) is 5.56 Å². The number of rotatable bonds is 7. The predicted molar refractivity (Wildman–Crippen MR) is 139 cm³/mol. The van der Waals surface area contributed by atoms with Gasteiger partial charge in [0.25, 0.3) is 5.91 Å². The Morgan fingerprint density at radius 3 is 2.38 bits per heavy atom. The summed E-state index contributed by atoms with van der Waals surface area (Å²) in [6.45, 7) is 4.56. The Labute approximate surface area is 233 Å². The molecule has 2 aliphatic heterocycles. The summed E-state index contributed by atoms with van der Waals surface area (Å²) in [6, 6.07) is 6.42. The number of hydrogen-bond donors (Lipinski definition) is 2. The molecule has 2 aliphatic rings. The second-order valence-corrected chi connectivity index (χ2v) is 12.7. The number of carbonyl (C=O) groups excluding carboxylic acids is 4. The second kappa shape index (κ2) is 11.6. The molecule has 14 heteroatoms. The molecular weight excluding hydrogens is 569 g/mol. The number of amides is 3. The fourth-order valence-electron chi connectivity index (χ4n) is 3.56. The molecule has 202 valence electrons. The molecule has 1 aromatic rings. The number of alkyl carbamates (subject to hydrolysis) is 1. The van der Waals surface area contributed by atoms with Crippen LogP contribution < -0.4 is 10.6 Å². The number of thioether (sulfide) groups is 1. The lowest BCUT2D eigenvalue weighted by atomic mass is 10.0. The minimum absolute atomic E-state index is 0.123. The third-order valence-electron chi connectivity index (χ3n) is 5.09. The van der Waals surface area contributed by atoms with Crippen molar-refractivity contribution in [3.05, 3.63) is 47.4 Å². The van der Waals surface area contributed by atoms with Gasteiger partial charge in [0.15, 0.2) is 5.70 Å². The monoisotopic (exact) mass is 593 g/mol. The molecule has 2 heterocycles. The maximum atomic E-state index is 13.3. The van der Waals surface area contributed by atoms with Crippen LogP contribution in [0, 0.1) is 0 Å². The molecule has 1 aromatic carbocycles. The van der Waals surface area contributed by atoms with Crippen molar-refractivity contribution >= 4 is 70.4 Å². The van der Waals surface area contributed by atoms with Gasteiger partial charge in [-0.25, -0.2) is 9.59 Å². The number of alkyl halides is 3. The van der Waals surface area contributed by atoms with Gasteiger partial charge in [0, 0.05) is 0 Å². The van der Waals surface area contributed by atoms with Crippen molar-refractivity contribution in [2.45, 2.75) is 47.6 Å². The lowest BCUT2D eigenvalue weighted by Crippen LogP contribution is -2.71. The van der Waals surface area contributed by atoms with Gasteiger partial charge in [0.2, 0.25) is 9.70 Å². The number of esters is 1. The molecule has 3 atom stereocenters. The van der Waals surface area contributed by atoms with Gasteiger partial charge < -0.3 is 24.8 Å². The maximum Gasteiger partial charge on any atom is 0.408 e. The van der Waals surface area contributed by atoms with E-state index in [1.807, 2.05) is 0 Å². The summed E-state index contributed by atoms with van der Waals surface area (Å²) in [7, 11) is 1.36. The first-order valence-electron chi connectivity index (χ1n) is 11.0. The molecule has 10 nitrogen and oxygen atoms in total. The largest absolute Gasteiger partial charge is 0.498 e. The van der Waals surface area contributed by atoms with Crippen LogP contribution in [0.2, 0.25) is 0 Å². The van der Waals surface area contributed by atoms with Crippen molar-refractivity contribution in [3.8, 4) is 0 Å². The first-order valence-corrected chi connectivity index (χ1v) is 13.2. The van der Waals surface area contributed by atoms with Gasteiger partial charge >= 0.3 is 12.1 Å². The highest BCUT2D eigenvalue weighted by atomic mass is 35.6. The fraction of sp³-hybridized carbons (Fsp3) is 0.478. The zero-order chi connectivity index (χ0) is 27.5. The van der Waals surface area contributed by atoms with E-state index >= 15 is 0 Å². The van der Waals surface area contributed by atoms with Crippen molar-refractivity contribution in [3.63, 3.8) is 0 Å². The number of benzene rings is 1. The Bertz CT molecular complexity index is 1090. The summed E-state index contributed by atoms with van der Waals surface area (Å²) in [5, 5.41) is 4.62. The van der Waals surface area contributed by atoms with Crippen LogP contribution in [0.1, 0.15) is 32.4 Å². The third-order valence-corrected chi connectivity index (χ3v) is 6.67. The van der Waals surface area contributed by atoms with Crippen molar-refractivity contribution in [1.29, 1.82) is 0 Å². The average Bonchev–Trinajstić information content (AvgIpc) is 2.82. The maximum absolute atomic E-state index is 13.3. The number of carbonyl (C=O) groups is 4. The lowest BCUT2D eigenvalue weighted by Gasteiger charge is -2.49. The summed E-state index contributed by atoms with van der Waals surface area (Å²) >= 11 is 18.3. The number of methoxy groups -OCH3 is 1. The van der Waals surface area contributed by atoms with E-state index in [0.717, 1.165) is 0 Å². The van der Waals surface area contributed by atoms with Crippen molar-refractivity contribution in [2.24, 2.45) is 0 Å². The molecule has 0 bridgehead atoms. The smallest absolute Gasteiger partial charge is 0.408 e. The standard InChI is InChI=1S/C23H26Cl3N3O7S/c1-22(2,3)36-21(33)28-14(12-8-6-5-7-9-12)17(30)27-15-18(31)29-16(13(34-4)10-37-19(15)29)20(32)35-11-23(24,25)26/h5-9,14-15,19H,10-11H2,1-4H3,(H,27,30)(H,28,33)/t14?,15-,19-/m1/s1. The Kier molecular flexibility index (Phi) is 9.15. The van der Waals surface area contributed by atoms with Crippen LogP contribution in [-0.4, -0.2) is 69.1 Å². The molecule has 0 radical (unpaired) electrons. The van der Waals surface area contributed by atoms with Gasteiger partial charge in [-0.1, -0.05) is 65.1 Å². The Morgan fingerprint density at radius 1 is 1.16 bits per heavy atom. The first kappa shape index (κ1) is 29.2. The summed E-state index contributed by atoms with van der Waals surface area (Å²) in [5.41, 5.74) is -0.414. The third kappa shape index (κ3) is 7.37. The molecule has 1 saturated heterocycles. The van der Waals surface area contributed by atoms with Crippen LogP contribution in [0.25, 0.3) is 0 Å². The van der Waals surface area contributed by atoms with Gasteiger partial charge in [-0.2, -0.15) is 0 Å². The number of nitrogens with one attached hydrogen (secondary N) is 2. The van der Waals surface area contributed by atoms with Crippen molar-refractivity contribution < 1.29 is 33.4 Å². The van der Waals surface area contributed by atoms with Crippen molar-refractivity contribution in [2.75, 3.05) is 19.5 Å². The number of halogens is 3. The summed E-state index contributed by atoms with van der Waals surface area (Å²) in [4.78, 5) is 52.7. The van der Waals surface area contributed by atoms with Crippen LogP contribution in [0.3, 0.4) is 0 Å². The summed E-state index contributed by atoms with van der Waals surface area (Å²) in [6.07, 6.45) is -0.795. The van der Waals surface area contributed by atoms with Crippen LogP contribution in [0.5, 0.6) is 0 Å². The zero-order valence-corrected chi connectivity index (χ0v) is 23.5. The zero-order valence-electron chi connectivity index (χ0n) is 20.4. The van der Waals surface area contributed by atoms with Crippen LogP contribution in [0.4, 0.5) is 4.79 Å². The van der Waals surface area contributed by atoms with E-state index in [-0.39, 0.29) is 17.2 Å². The topological polar surface area (TPSA) is 123 Å². The minimum Gasteiger partial charge on any atom is -0.498 e.